The molecule has 1 atom stereocenters. The van der Waals surface area contributed by atoms with Gasteiger partial charge < -0.3 is 15.0 Å². The molecule has 0 saturated carbocycles. The molecule has 2 aromatic rings. The summed E-state index contributed by atoms with van der Waals surface area (Å²) in [6.45, 7) is 2.50. The normalized spacial score (nSPS) is 11.7. The first-order valence-corrected chi connectivity index (χ1v) is 7.99. The van der Waals surface area contributed by atoms with Crippen molar-refractivity contribution in [2.45, 2.75) is 13.0 Å². The van der Waals surface area contributed by atoms with E-state index in [9.17, 15) is 9.18 Å². The summed E-state index contributed by atoms with van der Waals surface area (Å²) in [4.78, 5) is 13.8. The molecule has 2 amide bonds. The SMILES string of the molecule is CC(c1cccc(Cl)c1)N(C)C(=O)NCCOc1cccc(F)c1. The summed E-state index contributed by atoms with van der Waals surface area (Å²) in [5, 5.41) is 3.40. The predicted molar refractivity (Wildman–Crippen MR) is 92.9 cm³/mol. The topological polar surface area (TPSA) is 41.6 Å². The first-order chi connectivity index (χ1) is 11.5. The van der Waals surface area contributed by atoms with E-state index in [4.69, 9.17) is 16.3 Å². The lowest BCUT2D eigenvalue weighted by Gasteiger charge is -2.25. The molecule has 128 valence electrons. The van der Waals surface area contributed by atoms with Crippen molar-refractivity contribution in [3.63, 3.8) is 0 Å². The van der Waals surface area contributed by atoms with Crippen LogP contribution < -0.4 is 10.1 Å². The molecule has 0 aromatic heterocycles. The molecule has 1 N–H and O–H groups in total. The summed E-state index contributed by atoms with van der Waals surface area (Å²) < 4.78 is 18.4. The smallest absolute Gasteiger partial charge is 0.317 e. The summed E-state index contributed by atoms with van der Waals surface area (Å²) in [5.41, 5.74) is 0.955. The van der Waals surface area contributed by atoms with E-state index in [-0.39, 0.29) is 24.5 Å². The van der Waals surface area contributed by atoms with Crippen LogP contribution in [0.2, 0.25) is 5.02 Å². The lowest BCUT2D eigenvalue weighted by molar-refractivity contribution is 0.191. The van der Waals surface area contributed by atoms with Gasteiger partial charge in [-0.3, -0.25) is 0 Å². The summed E-state index contributed by atoms with van der Waals surface area (Å²) in [6, 6.07) is 13.0. The molecule has 0 heterocycles. The lowest BCUT2D eigenvalue weighted by atomic mass is 10.1. The van der Waals surface area contributed by atoms with Gasteiger partial charge in [-0.1, -0.05) is 29.8 Å². The summed E-state index contributed by atoms with van der Waals surface area (Å²) >= 11 is 5.98. The van der Waals surface area contributed by atoms with Gasteiger partial charge in [0.1, 0.15) is 18.2 Å². The van der Waals surface area contributed by atoms with Crippen LogP contribution in [0.25, 0.3) is 0 Å². The highest BCUT2D eigenvalue weighted by atomic mass is 35.5. The zero-order valence-corrected chi connectivity index (χ0v) is 14.4. The minimum absolute atomic E-state index is 0.118. The Hall–Kier alpha value is -2.27. The van der Waals surface area contributed by atoms with Crippen LogP contribution in [-0.2, 0) is 0 Å². The fraction of sp³-hybridized carbons (Fsp3) is 0.278. The number of urea groups is 1. The van der Waals surface area contributed by atoms with Crippen LogP contribution in [0, 0.1) is 5.82 Å². The van der Waals surface area contributed by atoms with E-state index in [1.807, 2.05) is 25.1 Å². The molecule has 0 saturated heterocycles. The molecule has 0 aliphatic heterocycles. The van der Waals surface area contributed by atoms with Gasteiger partial charge in [-0.05, 0) is 36.8 Å². The number of nitrogens with one attached hydrogen (secondary N) is 1. The Morgan fingerprint density at radius 3 is 2.75 bits per heavy atom. The van der Waals surface area contributed by atoms with Gasteiger partial charge in [0.15, 0.2) is 0 Å². The zero-order chi connectivity index (χ0) is 17.5. The van der Waals surface area contributed by atoms with Gasteiger partial charge in [0.2, 0.25) is 0 Å². The van der Waals surface area contributed by atoms with Crippen LogP contribution in [0.4, 0.5) is 9.18 Å². The van der Waals surface area contributed by atoms with Crippen molar-refractivity contribution >= 4 is 17.6 Å². The highest BCUT2D eigenvalue weighted by molar-refractivity contribution is 6.30. The van der Waals surface area contributed by atoms with Crippen LogP contribution >= 0.6 is 11.6 Å². The average Bonchev–Trinajstić information content (AvgIpc) is 2.57. The van der Waals surface area contributed by atoms with Crippen molar-refractivity contribution in [3.8, 4) is 5.75 Å². The molecule has 24 heavy (non-hydrogen) atoms. The van der Waals surface area contributed by atoms with E-state index in [2.05, 4.69) is 5.32 Å². The second-order valence-corrected chi connectivity index (χ2v) is 5.82. The number of hydrogen-bond acceptors (Lipinski definition) is 2. The lowest BCUT2D eigenvalue weighted by Crippen LogP contribution is -2.40. The van der Waals surface area contributed by atoms with Gasteiger partial charge in [-0.25, -0.2) is 9.18 Å². The number of benzene rings is 2. The molecule has 0 fully saturated rings. The van der Waals surface area contributed by atoms with E-state index in [0.717, 1.165) is 5.56 Å². The Morgan fingerprint density at radius 1 is 1.29 bits per heavy atom. The Bertz CT molecular complexity index is 696. The van der Waals surface area contributed by atoms with Crippen molar-refractivity contribution in [1.29, 1.82) is 0 Å². The van der Waals surface area contributed by atoms with Crippen LogP contribution in [0.1, 0.15) is 18.5 Å². The highest BCUT2D eigenvalue weighted by Gasteiger charge is 2.17. The van der Waals surface area contributed by atoms with Crippen molar-refractivity contribution in [2.24, 2.45) is 0 Å². The fourth-order valence-corrected chi connectivity index (χ4v) is 2.37. The third-order valence-corrected chi connectivity index (χ3v) is 3.91. The van der Waals surface area contributed by atoms with Gasteiger partial charge in [-0.15, -0.1) is 0 Å². The molecule has 2 rings (SSSR count). The minimum atomic E-state index is -0.355. The van der Waals surface area contributed by atoms with Crippen LogP contribution in [0.5, 0.6) is 5.75 Å². The Kier molecular flexibility index (Phi) is 6.44. The van der Waals surface area contributed by atoms with Gasteiger partial charge >= 0.3 is 6.03 Å². The van der Waals surface area contributed by atoms with E-state index in [1.165, 1.54) is 12.1 Å². The van der Waals surface area contributed by atoms with Gasteiger partial charge in [0.05, 0.1) is 12.6 Å². The Labute approximate surface area is 146 Å². The number of rotatable bonds is 6. The molecule has 4 nitrogen and oxygen atoms in total. The molecule has 0 aliphatic carbocycles. The summed E-state index contributed by atoms with van der Waals surface area (Å²) in [7, 11) is 1.72. The maximum absolute atomic E-state index is 13.0. The van der Waals surface area contributed by atoms with E-state index in [0.29, 0.717) is 17.3 Å². The van der Waals surface area contributed by atoms with Crippen molar-refractivity contribution < 1.29 is 13.9 Å². The molecule has 2 aromatic carbocycles. The second-order valence-electron chi connectivity index (χ2n) is 5.38. The third-order valence-electron chi connectivity index (χ3n) is 3.68. The van der Waals surface area contributed by atoms with Crippen molar-refractivity contribution in [2.75, 3.05) is 20.2 Å². The fourth-order valence-electron chi connectivity index (χ4n) is 2.17. The minimum Gasteiger partial charge on any atom is -0.492 e. The molecular weight excluding hydrogens is 331 g/mol. The Morgan fingerprint density at radius 2 is 2.04 bits per heavy atom. The predicted octanol–water partition coefficient (Wildman–Crippen LogP) is 4.26. The molecule has 1 unspecified atom stereocenters. The monoisotopic (exact) mass is 350 g/mol. The second kappa shape index (κ2) is 8.55. The van der Waals surface area contributed by atoms with Crippen molar-refractivity contribution in [1.82, 2.24) is 10.2 Å². The molecule has 0 spiro atoms. The average molecular weight is 351 g/mol. The number of halogens is 2. The maximum Gasteiger partial charge on any atom is 0.317 e. The maximum atomic E-state index is 13.0. The summed E-state index contributed by atoms with van der Waals surface area (Å²) in [6.07, 6.45) is 0. The van der Waals surface area contributed by atoms with E-state index in [1.54, 1.807) is 30.1 Å². The van der Waals surface area contributed by atoms with Crippen molar-refractivity contribution in [3.05, 3.63) is 64.9 Å². The zero-order valence-electron chi connectivity index (χ0n) is 13.6. The summed E-state index contributed by atoms with van der Waals surface area (Å²) in [5.74, 6) is 0.0801. The quantitative estimate of drug-likeness (QED) is 0.791. The molecule has 0 aliphatic rings. The van der Waals surface area contributed by atoms with Gasteiger partial charge in [-0.2, -0.15) is 0 Å². The standard InChI is InChI=1S/C18H20ClFN2O2/c1-13(14-5-3-6-15(19)11-14)22(2)18(23)21-9-10-24-17-8-4-7-16(20)12-17/h3-8,11-13H,9-10H2,1-2H3,(H,21,23). The number of hydrogen-bond donors (Lipinski definition) is 1. The molecular formula is C18H20ClFN2O2. The first kappa shape index (κ1) is 18.1. The third kappa shape index (κ3) is 5.13. The number of carbonyl (C=O) groups is 1. The Balaban J connectivity index is 1.79. The number of carbonyl (C=O) groups excluding carboxylic acids is 1. The van der Waals surface area contributed by atoms with Crippen LogP contribution in [-0.4, -0.2) is 31.1 Å². The van der Waals surface area contributed by atoms with Gasteiger partial charge in [0, 0.05) is 18.1 Å². The number of nitrogens with zero attached hydrogens (tertiary/aromatic N) is 1. The highest BCUT2D eigenvalue weighted by Crippen LogP contribution is 2.21. The number of ether oxygens (including phenoxy) is 1. The van der Waals surface area contributed by atoms with Crippen LogP contribution in [0.15, 0.2) is 48.5 Å². The number of amides is 2. The molecule has 0 radical (unpaired) electrons. The first-order valence-electron chi connectivity index (χ1n) is 7.62. The van der Waals surface area contributed by atoms with E-state index >= 15 is 0 Å². The largest absolute Gasteiger partial charge is 0.492 e. The molecule has 6 heteroatoms. The molecule has 0 bridgehead atoms. The van der Waals surface area contributed by atoms with Gasteiger partial charge in [0.25, 0.3) is 0 Å². The van der Waals surface area contributed by atoms with Crippen LogP contribution in [0.3, 0.4) is 0 Å². The van der Waals surface area contributed by atoms with E-state index < -0.39 is 0 Å².